The van der Waals surface area contributed by atoms with Crippen LogP contribution in [0.2, 0.25) is 0 Å². The number of rotatable bonds is 4. The van der Waals surface area contributed by atoms with E-state index in [0.29, 0.717) is 13.0 Å². The molecule has 114 valence electrons. The van der Waals surface area contributed by atoms with Crippen molar-refractivity contribution in [1.29, 1.82) is 0 Å². The van der Waals surface area contributed by atoms with Crippen molar-refractivity contribution in [2.75, 3.05) is 20.2 Å². The van der Waals surface area contributed by atoms with E-state index in [1.165, 1.54) is 12.7 Å². The van der Waals surface area contributed by atoms with Gasteiger partial charge in [0.15, 0.2) is 0 Å². The molecule has 1 atom stereocenters. The molecular formula is C18H20N2O2. The summed E-state index contributed by atoms with van der Waals surface area (Å²) < 4.78 is 5.07. The van der Waals surface area contributed by atoms with Gasteiger partial charge in [0.1, 0.15) is 0 Å². The maximum Gasteiger partial charge on any atom is 0.313 e. The lowest BCUT2D eigenvalue weighted by atomic mass is 9.79. The van der Waals surface area contributed by atoms with Crippen LogP contribution in [-0.2, 0) is 16.0 Å². The van der Waals surface area contributed by atoms with Crippen LogP contribution in [0.15, 0.2) is 48.8 Å². The van der Waals surface area contributed by atoms with Gasteiger partial charge in [-0.1, -0.05) is 24.3 Å². The van der Waals surface area contributed by atoms with Crippen LogP contribution in [0.1, 0.15) is 12.0 Å². The van der Waals surface area contributed by atoms with Gasteiger partial charge in [-0.3, -0.25) is 9.78 Å². The number of ether oxygens (including phenoxy) is 1. The molecule has 1 aromatic carbocycles. The van der Waals surface area contributed by atoms with E-state index in [1.807, 2.05) is 24.3 Å². The highest BCUT2D eigenvalue weighted by Crippen LogP contribution is 2.35. The monoisotopic (exact) mass is 296 g/mol. The number of nitrogens with one attached hydrogen (secondary N) is 1. The van der Waals surface area contributed by atoms with Crippen molar-refractivity contribution in [3.8, 4) is 11.1 Å². The van der Waals surface area contributed by atoms with Crippen molar-refractivity contribution >= 4 is 5.97 Å². The zero-order valence-corrected chi connectivity index (χ0v) is 12.7. The zero-order valence-electron chi connectivity index (χ0n) is 12.7. The fraction of sp³-hybridized carbons (Fsp3) is 0.333. The van der Waals surface area contributed by atoms with Gasteiger partial charge in [0.25, 0.3) is 0 Å². The Bertz CT molecular complexity index is 649. The Labute approximate surface area is 130 Å². The molecule has 0 radical (unpaired) electrons. The topological polar surface area (TPSA) is 51.2 Å². The summed E-state index contributed by atoms with van der Waals surface area (Å²) in [6.45, 7) is 1.52. The van der Waals surface area contributed by atoms with Crippen LogP contribution >= 0.6 is 0 Å². The number of carbonyl (C=O) groups excluding carboxylic acids is 1. The standard InChI is InChI=1S/C18H20N2O2/c1-22-17(21)18(8-11-20-13-18)12-15-4-2-3-5-16(15)14-6-9-19-10-7-14/h2-7,9-10,20H,8,11-13H2,1H3/t18-/m0/s1. The highest BCUT2D eigenvalue weighted by atomic mass is 16.5. The van der Waals surface area contributed by atoms with E-state index < -0.39 is 5.41 Å². The molecule has 0 amide bonds. The predicted octanol–water partition coefficient (Wildman–Crippen LogP) is 2.44. The average Bonchev–Trinajstić information content (AvgIpc) is 3.05. The number of methoxy groups -OCH3 is 1. The Morgan fingerprint density at radius 3 is 2.73 bits per heavy atom. The number of hydrogen-bond donors (Lipinski definition) is 1. The van der Waals surface area contributed by atoms with Crippen LogP contribution in [0.25, 0.3) is 11.1 Å². The largest absolute Gasteiger partial charge is 0.469 e. The quantitative estimate of drug-likeness (QED) is 0.881. The van der Waals surface area contributed by atoms with Crippen LogP contribution in [0, 0.1) is 5.41 Å². The fourth-order valence-corrected chi connectivity index (χ4v) is 3.21. The molecular weight excluding hydrogens is 276 g/mol. The maximum atomic E-state index is 12.3. The molecule has 0 saturated carbocycles. The smallest absolute Gasteiger partial charge is 0.313 e. The van der Waals surface area contributed by atoms with E-state index in [-0.39, 0.29) is 5.97 Å². The summed E-state index contributed by atoms with van der Waals surface area (Å²) in [5.41, 5.74) is 2.98. The molecule has 0 bridgehead atoms. The summed E-state index contributed by atoms with van der Waals surface area (Å²) in [7, 11) is 1.47. The normalized spacial score (nSPS) is 20.8. The molecule has 3 rings (SSSR count). The number of nitrogens with zero attached hydrogens (tertiary/aromatic N) is 1. The SMILES string of the molecule is COC(=O)[C@]1(Cc2ccccc2-c2ccncc2)CCNC1. The summed E-state index contributed by atoms with van der Waals surface area (Å²) in [4.78, 5) is 16.4. The molecule has 0 spiro atoms. The molecule has 2 heterocycles. The van der Waals surface area contributed by atoms with E-state index >= 15 is 0 Å². The van der Waals surface area contributed by atoms with Crippen molar-refractivity contribution in [2.45, 2.75) is 12.8 Å². The number of hydrogen-bond acceptors (Lipinski definition) is 4. The lowest BCUT2D eigenvalue weighted by Gasteiger charge is -2.26. The summed E-state index contributed by atoms with van der Waals surface area (Å²) in [5.74, 6) is -0.123. The van der Waals surface area contributed by atoms with E-state index in [0.717, 1.165) is 24.1 Å². The van der Waals surface area contributed by atoms with Crippen LogP contribution in [-0.4, -0.2) is 31.2 Å². The van der Waals surface area contributed by atoms with Crippen molar-refractivity contribution in [2.24, 2.45) is 5.41 Å². The van der Waals surface area contributed by atoms with Crippen molar-refractivity contribution in [1.82, 2.24) is 10.3 Å². The first kappa shape index (κ1) is 14.7. The second kappa shape index (κ2) is 6.28. The van der Waals surface area contributed by atoms with Gasteiger partial charge in [-0.15, -0.1) is 0 Å². The van der Waals surface area contributed by atoms with Crippen molar-refractivity contribution in [3.05, 3.63) is 54.4 Å². The number of esters is 1. The van der Waals surface area contributed by atoms with Crippen molar-refractivity contribution < 1.29 is 9.53 Å². The minimum Gasteiger partial charge on any atom is -0.469 e. The molecule has 1 aliphatic rings. The number of aromatic nitrogens is 1. The lowest BCUT2D eigenvalue weighted by Crippen LogP contribution is -2.36. The van der Waals surface area contributed by atoms with Crippen molar-refractivity contribution in [3.63, 3.8) is 0 Å². The fourth-order valence-electron chi connectivity index (χ4n) is 3.21. The summed E-state index contributed by atoms with van der Waals surface area (Å²) in [6.07, 6.45) is 5.08. The third-order valence-corrected chi connectivity index (χ3v) is 4.40. The molecule has 1 fully saturated rings. The Balaban J connectivity index is 1.97. The Morgan fingerprint density at radius 1 is 1.27 bits per heavy atom. The van der Waals surface area contributed by atoms with Crippen LogP contribution in [0.3, 0.4) is 0 Å². The highest BCUT2D eigenvalue weighted by molar-refractivity contribution is 5.79. The molecule has 4 heteroatoms. The maximum absolute atomic E-state index is 12.3. The minimum atomic E-state index is -0.460. The highest BCUT2D eigenvalue weighted by Gasteiger charge is 2.42. The van der Waals surface area contributed by atoms with Gasteiger partial charge in [0.05, 0.1) is 12.5 Å². The first-order valence-corrected chi connectivity index (χ1v) is 7.53. The first-order chi connectivity index (χ1) is 10.7. The van der Waals surface area contributed by atoms with E-state index in [9.17, 15) is 4.79 Å². The molecule has 1 N–H and O–H groups in total. The van der Waals surface area contributed by atoms with E-state index in [4.69, 9.17) is 4.74 Å². The van der Waals surface area contributed by atoms with Gasteiger partial charge in [0, 0.05) is 18.9 Å². The Hall–Kier alpha value is -2.20. The molecule has 1 saturated heterocycles. The summed E-state index contributed by atoms with van der Waals surface area (Å²) >= 11 is 0. The third-order valence-electron chi connectivity index (χ3n) is 4.40. The third kappa shape index (κ3) is 2.74. The molecule has 1 aliphatic heterocycles. The average molecular weight is 296 g/mol. The molecule has 2 aromatic rings. The minimum absolute atomic E-state index is 0.123. The molecule has 0 unspecified atom stereocenters. The molecule has 22 heavy (non-hydrogen) atoms. The lowest BCUT2D eigenvalue weighted by molar-refractivity contribution is -0.151. The Morgan fingerprint density at radius 2 is 2.05 bits per heavy atom. The van der Waals surface area contributed by atoms with Crippen LogP contribution in [0.5, 0.6) is 0 Å². The van der Waals surface area contributed by atoms with Gasteiger partial charge in [-0.05, 0) is 48.2 Å². The predicted molar refractivity (Wildman–Crippen MR) is 85.3 cm³/mol. The van der Waals surface area contributed by atoms with Gasteiger partial charge < -0.3 is 10.1 Å². The van der Waals surface area contributed by atoms with Gasteiger partial charge in [-0.2, -0.15) is 0 Å². The molecule has 1 aromatic heterocycles. The zero-order chi connectivity index (χ0) is 15.4. The number of carbonyl (C=O) groups is 1. The van der Waals surface area contributed by atoms with Gasteiger partial charge in [-0.25, -0.2) is 0 Å². The van der Waals surface area contributed by atoms with Gasteiger partial charge in [0.2, 0.25) is 0 Å². The van der Waals surface area contributed by atoms with Crippen LogP contribution in [0.4, 0.5) is 0 Å². The second-order valence-electron chi connectivity index (χ2n) is 5.77. The summed E-state index contributed by atoms with van der Waals surface area (Å²) in [6, 6.07) is 12.2. The summed E-state index contributed by atoms with van der Waals surface area (Å²) in [5, 5.41) is 3.30. The number of benzene rings is 1. The Kier molecular flexibility index (Phi) is 4.20. The second-order valence-corrected chi connectivity index (χ2v) is 5.77. The first-order valence-electron chi connectivity index (χ1n) is 7.53. The van der Waals surface area contributed by atoms with E-state index in [1.54, 1.807) is 12.4 Å². The molecule has 4 nitrogen and oxygen atoms in total. The number of pyridine rings is 1. The van der Waals surface area contributed by atoms with Crippen LogP contribution < -0.4 is 5.32 Å². The molecule has 0 aliphatic carbocycles. The van der Waals surface area contributed by atoms with Gasteiger partial charge >= 0.3 is 5.97 Å². The van der Waals surface area contributed by atoms with E-state index in [2.05, 4.69) is 22.4 Å².